The molecule has 0 spiro atoms. The molecular weight excluding hydrogens is 712 g/mol. The molecule has 3 aromatic rings. The van der Waals surface area contributed by atoms with Gasteiger partial charge in [0.05, 0.1) is 30.2 Å². The molecule has 1 aromatic heterocycles. The summed E-state index contributed by atoms with van der Waals surface area (Å²) in [6.07, 6.45) is -10.4. The van der Waals surface area contributed by atoms with Crippen molar-refractivity contribution in [1.82, 2.24) is 9.47 Å². The van der Waals surface area contributed by atoms with Gasteiger partial charge >= 0.3 is 18.3 Å². The number of benzene rings is 2. The van der Waals surface area contributed by atoms with E-state index in [9.17, 15) is 40.7 Å². The number of ether oxygens (including phenoxy) is 1. The Morgan fingerprint density at radius 1 is 0.887 bits per heavy atom. The van der Waals surface area contributed by atoms with Crippen molar-refractivity contribution in [1.29, 1.82) is 0 Å². The summed E-state index contributed by atoms with van der Waals surface area (Å²) in [4.78, 5) is 42.4. The van der Waals surface area contributed by atoms with Crippen molar-refractivity contribution in [3.05, 3.63) is 91.4 Å². The topological polar surface area (TPSA) is 68.6 Å². The Kier molecular flexibility index (Phi) is 13.0. The monoisotopic (exact) mass is 756 g/mol. The summed E-state index contributed by atoms with van der Waals surface area (Å²) >= 11 is 0. The van der Waals surface area contributed by atoms with Gasteiger partial charge in [-0.25, -0.2) is 8.78 Å². The molecule has 2 heterocycles. The maximum atomic E-state index is 16.8. The van der Waals surface area contributed by atoms with Crippen molar-refractivity contribution in [3.63, 3.8) is 0 Å². The number of rotatable bonds is 14. The van der Waals surface area contributed by atoms with Crippen LogP contribution in [0.1, 0.15) is 97.4 Å². The molecule has 1 fully saturated rings. The number of esters is 1. The van der Waals surface area contributed by atoms with E-state index >= 15 is 8.78 Å². The zero-order chi connectivity index (χ0) is 39.6. The number of hydrogen-bond acceptors (Lipinski definition) is 5. The third kappa shape index (κ3) is 9.54. The molecule has 0 bridgehead atoms. The fourth-order valence-electron chi connectivity index (χ4n) is 6.88. The van der Waals surface area contributed by atoms with E-state index in [1.165, 1.54) is 6.92 Å². The van der Waals surface area contributed by atoms with Gasteiger partial charge in [-0.1, -0.05) is 26.0 Å². The fraction of sp³-hybridized carbons (Fsp3) is 0.513. The van der Waals surface area contributed by atoms with Gasteiger partial charge in [0.2, 0.25) is 0 Å². The highest BCUT2D eigenvalue weighted by atomic mass is 19.4. The number of aryl methyl sites for hydroxylation is 2. The second-order valence-electron chi connectivity index (χ2n) is 14.1. The lowest BCUT2D eigenvalue weighted by Gasteiger charge is -2.31. The molecule has 4 rings (SSSR count). The van der Waals surface area contributed by atoms with Gasteiger partial charge < -0.3 is 14.2 Å². The Hall–Kier alpha value is -4.07. The Labute approximate surface area is 303 Å². The highest BCUT2D eigenvalue weighted by Gasteiger charge is 2.41. The third-order valence-electron chi connectivity index (χ3n) is 9.84. The second kappa shape index (κ2) is 16.5. The van der Waals surface area contributed by atoms with Gasteiger partial charge in [0, 0.05) is 42.3 Å². The van der Waals surface area contributed by atoms with Crippen LogP contribution in [0.2, 0.25) is 0 Å². The summed E-state index contributed by atoms with van der Waals surface area (Å²) < 4.78 is 124. The molecule has 0 amide bonds. The molecule has 14 heteroatoms. The largest absolute Gasteiger partial charge is 0.466 e. The first-order valence-corrected chi connectivity index (χ1v) is 17.5. The van der Waals surface area contributed by atoms with Gasteiger partial charge in [0.25, 0.3) is 5.56 Å². The minimum Gasteiger partial charge on any atom is -0.466 e. The Bertz CT molecular complexity index is 1890. The normalized spacial score (nSPS) is 15.0. The van der Waals surface area contributed by atoms with Crippen LogP contribution >= 0.6 is 0 Å². The van der Waals surface area contributed by atoms with E-state index in [0.717, 1.165) is 17.2 Å². The van der Waals surface area contributed by atoms with Crippen molar-refractivity contribution in [2.75, 3.05) is 26.2 Å². The number of ketones is 1. The van der Waals surface area contributed by atoms with Crippen molar-refractivity contribution in [2.24, 2.45) is 5.92 Å². The molecule has 0 saturated carbocycles. The Balaban J connectivity index is 1.91. The first kappa shape index (κ1) is 41.7. The summed E-state index contributed by atoms with van der Waals surface area (Å²) in [5.41, 5.74) is -4.59. The molecule has 1 unspecified atom stereocenters. The second-order valence-corrected chi connectivity index (χ2v) is 14.1. The van der Waals surface area contributed by atoms with E-state index in [0.29, 0.717) is 41.9 Å². The first-order chi connectivity index (χ1) is 24.6. The van der Waals surface area contributed by atoms with Gasteiger partial charge in [-0.15, -0.1) is 0 Å². The number of alkyl halides is 6. The molecule has 2 atom stereocenters. The van der Waals surface area contributed by atoms with Gasteiger partial charge in [-0.3, -0.25) is 14.4 Å². The number of carbonyl (C=O) groups is 2. The molecule has 0 radical (unpaired) electrons. The number of pyridine rings is 1. The standard InChI is InChI=1S/C39H44F8N2O4/c1-7-53-33(52)17-26(35-36(40)27(18-29(37(35)41)39(45,46)47)34-23(5)10-9-22(4)24(34)6)16-31(50)30(15-21(2)3)49-20-25(11-14-48-12-8-13-48)28(19-32(49)51)38(42,43)44/h9-10,18-21,26,30H,7-8,11-17H2,1-6H3/t26-,30?/m0/s1. The molecule has 6 nitrogen and oxygen atoms in total. The molecule has 0 aliphatic carbocycles. The molecule has 1 saturated heterocycles. The number of nitrogens with zero attached hydrogens (tertiary/aromatic N) is 2. The first-order valence-electron chi connectivity index (χ1n) is 17.5. The Morgan fingerprint density at radius 3 is 2.06 bits per heavy atom. The van der Waals surface area contributed by atoms with Gasteiger partial charge in [-0.2, -0.15) is 26.3 Å². The minimum atomic E-state index is -5.31. The van der Waals surface area contributed by atoms with E-state index in [4.69, 9.17) is 4.74 Å². The summed E-state index contributed by atoms with van der Waals surface area (Å²) in [7, 11) is 0. The van der Waals surface area contributed by atoms with Crippen molar-refractivity contribution in [3.8, 4) is 11.1 Å². The van der Waals surface area contributed by atoms with E-state index in [-0.39, 0.29) is 43.0 Å². The number of halogens is 8. The van der Waals surface area contributed by atoms with Crippen LogP contribution in [0.3, 0.4) is 0 Å². The lowest BCUT2D eigenvalue weighted by molar-refractivity contribution is -0.143. The summed E-state index contributed by atoms with van der Waals surface area (Å²) in [5.74, 6) is -7.57. The number of aromatic nitrogens is 1. The van der Waals surface area contributed by atoms with E-state index in [2.05, 4.69) is 0 Å². The van der Waals surface area contributed by atoms with Crippen LogP contribution in [-0.2, 0) is 33.1 Å². The van der Waals surface area contributed by atoms with E-state index in [1.54, 1.807) is 46.8 Å². The lowest BCUT2D eigenvalue weighted by Crippen LogP contribution is -2.39. The van der Waals surface area contributed by atoms with Gasteiger partial charge in [0.15, 0.2) is 5.78 Å². The highest BCUT2D eigenvalue weighted by Crippen LogP contribution is 2.44. The van der Waals surface area contributed by atoms with Crippen LogP contribution in [0, 0.1) is 38.3 Å². The van der Waals surface area contributed by atoms with Crippen molar-refractivity contribution in [2.45, 2.75) is 98.0 Å². The van der Waals surface area contributed by atoms with Crippen LogP contribution in [0.25, 0.3) is 11.1 Å². The third-order valence-corrected chi connectivity index (χ3v) is 9.84. The fourth-order valence-corrected chi connectivity index (χ4v) is 6.88. The molecule has 53 heavy (non-hydrogen) atoms. The molecule has 1 aliphatic rings. The van der Waals surface area contributed by atoms with Gasteiger partial charge in [0.1, 0.15) is 11.6 Å². The Morgan fingerprint density at radius 2 is 1.51 bits per heavy atom. The van der Waals surface area contributed by atoms with Crippen LogP contribution in [0.5, 0.6) is 0 Å². The number of hydrogen-bond donors (Lipinski definition) is 0. The average Bonchev–Trinajstić information content (AvgIpc) is 3.01. The summed E-state index contributed by atoms with van der Waals surface area (Å²) in [6, 6.07) is 2.57. The highest BCUT2D eigenvalue weighted by molar-refractivity contribution is 5.85. The predicted molar refractivity (Wildman–Crippen MR) is 184 cm³/mol. The van der Waals surface area contributed by atoms with Crippen molar-refractivity contribution < 1.29 is 49.4 Å². The lowest BCUT2D eigenvalue weighted by atomic mass is 9.82. The number of likely N-dealkylation sites (tertiary alicyclic amines) is 1. The maximum Gasteiger partial charge on any atom is 0.419 e. The number of Topliss-reactive ketones (excluding diaryl/α,β-unsaturated/α-hetero) is 1. The molecule has 0 N–H and O–H groups in total. The minimum absolute atomic E-state index is 0.0789. The smallest absolute Gasteiger partial charge is 0.419 e. The SMILES string of the molecule is CCOC(=O)C[C@H](CC(=O)C(CC(C)C)n1cc(CCN2CCC2)c(C(F)(F)F)cc1=O)c1c(F)c(-c2c(C)ccc(C)c2C)cc(C(F)(F)F)c1F. The van der Waals surface area contributed by atoms with E-state index in [1.807, 2.05) is 4.90 Å². The predicted octanol–water partition coefficient (Wildman–Crippen LogP) is 9.29. The quantitative estimate of drug-likeness (QED) is 0.121. The van der Waals surface area contributed by atoms with Crippen LogP contribution in [-0.4, -0.2) is 47.5 Å². The van der Waals surface area contributed by atoms with Crippen LogP contribution < -0.4 is 5.56 Å². The number of carbonyl (C=O) groups excluding carboxylic acids is 2. The molecule has 1 aliphatic heterocycles. The maximum absolute atomic E-state index is 16.8. The molecule has 290 valence electrons. The zero-order valence-electron chi connectivity index (χ0n) is 30.5. The van der Waals surface area contributed by atoms with Crippen molar-refractivity contribution >= 4 is 11.8 Å². The summed E-state index contributed by atoms with van der Waals surface area (Å²) in [6.45, 7) is 11.1. The van der Waals surface area contributed by atoms with Crippen LogP contribution in [0.15, 0.2) is 35.3 Å². The van der Waals surface area contributed by atoms with Gasteiger partial charge in [-0.05, 0) is 99.8 Å². The average molecular weight is 757 g/mol. The summed E-state index contributed by atoms with van der Waals surface area (Å²) in [5, 5.41) is 0. The molecular formula is C39H44F8N2O4. The van der Waals surface area contributed by atoms with E-state index < -0.39 is 88.4 Å². The zero-order valence-corrected chi connectivity index (χ0v) is 30.5. The van der Waals surface area contributed by atoms with Crippen LogP contribution in [0.4, 0.5) is 35.1 Å². The molecule has 2 aromatic carbocycles.